The minimum absolute atomic E-state index is 0.00231. The Morgan fingerprint density at radius 1 is 1.06 bits per heavy atom. The topological polar surface area (TPSA) is 60.7 Å². The third-order valence-electron chi connectivity index (χ3n) is 5.04. The van der Waals surface area contributed by atoms with Gasteiger partial charge in [-0.2, -0.15) is 17.9 Å². The van der Waals surface area contributed by atoms with E-state index in [1.54, 1.807) is 36.4 Å². The van der Waals surface area contributed by atoms with Gasteiger partial charge in [0.25, 0.3) is 0 Å². The first-order chi connectivity index (χ1) is 14.4. The van der Waals surface area contributed by atoms with Gasteiger partial charge in [-0.3, -0.25) is 4.79 Å². The quantitative estimate of drug-likeness (QED) is 0.415. The summed E-state index contributed by atoms with van der Waals surface area (Å²) in [5.41, 5.74) is -0.0975. The lowest BCUT2D eigenvalue weighted by Crippen LogP contribution is -2.34. The van der Waals surface area contributed by atoms with E-state index in [1.807, 2.05) is 13.8 Å². The molecule has 9 heteroatoms. The molecule has 2 aromatic carbocycles. The van der Waals surface area contributed by atoms with E-state index in [2.05, 4.69) is 15.5 Å². The average molecular weight is 451 g/mol. The van der Waals surface area contributed by atoms with Gasteiger partial charge in [-0.25, -0.2) is 0 Å². The molecule has 1 heterocycles. The van der Waals surface area contributed by atoms with Crippen LogP contribution in [0.4, 0.5) is 13.2 Å². The van der Waals surface area contributed by atoms with E-state index in [1.165, 1.54) is 10.7 Å². The Morgan fingerprint density at radius 2 is 1.71 bits per heavy atom. The summed E-state index contributed by atoms with van der Waals surface area (Å²) < 4.78 is 41.5. The molecule has 3 rings (SSSR count). The highest BCUT2D eigenvalue weighted by Crippen LogP contribution is 2.41. The van der Waals surface area contributed by atoms with E-state index in [9.17, 15) is 18.0 Å². The second-order valence-electron chi connectivity index (χ2n) is 8.36. The Labute approximate surface area is 183 Å². The van der Waals surface area contributed by atoms with Crippen molar-refractivity contribution >= 4 is 17.4 Å². The number of aromatic nitrogens is 4. The highest BCUT2D eigenvalue weighted by atomic mass is 35.5. The van der Waals surface area contributed by atoms with Gasteiger partial charge in [0.05, 0.1) is 11.1 Å². The van der Waals surface area contributed by atoms with Crippen LogP contribution in [0.25, 0.3) is 16.8 Å². The van der Waals surface area contributed by atoms with Gasteiger partial charge in [0.2, 0.25) is 0 Å². The van der Waals surface area contributed by atoms with Crippen LogP contribution < -0.4 is 0 Å². The number of benzene rings is 2. The second kappa shape index (κ2) is 8.42. The second-order valence-corrected chi connectivity index (χ2v) is 8.80. The molecule has 0 amide bonds. The summed E-state index contributed by atoms with van der Waals surface area (Å²) in [6, 6.07) is 11.9. The lowest BCUT2D eigenvalue weighted by atomic mass is 9.84. The van der Waals surface area contributed by atoms with Crippen molar-refractivity contribution in [2.75, 3.05) is 0 Å². The van der Waals surface area contributed by atoms with Crippen LogP contribution in [0.5, 0.6) is 0 Å². The molecule has 0 saturated heterocycles. The number of nitrogens with zero attached hydrogens (tertiary/aromatic N) is 4. The van der Waals surface area contributed by atoms with Gasteiger partial charge in [0.1, 0.15) is 0 Å². The van der Waals surface area contributed by atoms with Crippen LogP contribution in [0.2, 0.25) is 5.02 Å². The minimum Gasteiger partial charge on any atom is -0.294 e. The van der Waals surface area contributed by atoms with E-state index in [0.29, 0.717) is 22.1 Å². The number of hydrogen-bond donors (Lipinski definition) is 0. The third kappa shape index (κ3) is 4.95. The lowest BCUT2D eigenvalue weighted by Gasteiger charge is -2.27. The minimum atomic E-state index is -4.50. The van der Waals surface area contributed by atoms with Crippen LogP contribution in [-0.4, -0.2) is 32.2 Å². The molecule has 0 fully saturated rings. The average Bonchev–Trinajstić information content (AvgIpc) is 3.17. The number of ketones is 1. The van der Waals surface area contributed by atoms with Crippen LogP contribution in [0.3, 0.4) is 0 Å². The zero-order valence-corrected chi connectivity index (χ0v) is 18.3. The first kappa shape index (κ1) is 22.9. The van der Waals surface area contributed by atoms with Gasteiger partial charge in [0, 0.05) is 22.9 Å². The Balaban J connectivity index is 2.12. The van der Waals surface area contributed by atoms with Gasteiger partial charge in [-0.1, -0.05) is 51.4 Å². The number of hydrogen-bond acceptors (Lipinski definition) is 4. The van der Waals surface area contributed by atoms with Crippen molar-refractivity contribution in [1.29, 1.82) is 0 Å². The highest BCUT2D eigenvalue weighted by Gasteiger charge is 2.48. The Hall–Kier alpha value is -2.74. The summed E-state index contributed by atoms with van der Waals surface area (Å²) in [5, 5.41) is 12.3. The van der Waals surface area contributed by atoms with Gasteiger partial charge < -0.3 is 0 Å². The maximum atomic E-state index is 13.3. The molecule has 0 spiro atoms. The summed E-state index contributed by atoms with van der Waals surface area (Å²) in [6.07, 6.45) is -5.17. The molecule has 0 aliphatic rings. The standard InChI is InChI=1S/C22H22ClF3N4O/c1-13(2)20-27-28-29-30(20)18-10-15(14-5-7-17(23)8-6-14)9-16(11-18)19(31)12-21(3,4)22(24,25)26/h5-11,13H,12H2,1-4H3. The molecule has 0 aliphatic carbocycles. The van der Waals surface area contributed by atoms with Gasteiger partial charge in [-0.05, 0) is 51.9 Å². The van der Waals surface area contributed by atoms with E-state index in [4.69, 9.17) is 11.6 Å². The van der Waals surface area contributed by atoms with Gasteiger partial charge in [-0.15, -0.1) is 5.10 Å². The van der Waals surface area contributed by atoms with Crippen molar-refractivity contribution in [3.8, 4) is 16.8 Å². The number of Topliss-reactive ketones (excluding diaryl/α,β-unsaturated/α-hetero) is 1. The summed E-state index contributed by atoms with van der Waals surface area (Å²) in [6.45, 7) is 5.88. The fourth-order valence-electron chi connectivity index (χ4n) is 3.05. The molecule has 0 unspecified atom stereocenters. The van der Waals surface area contributed by atoms with Crippen molar-refractivity contribution in [3.63, 3.8) is 0 Å². The van der Waals surface area contributed by atoms with Crippen molar-refractivity contribution in [3.05, 3.63) is 58.9 Å². The van der Waals surface area contributed by atoms with Crippen molar-refractivity contribution in [2.24, 2.45) is 5.41 Å². The molecule has 0 radical (unpaired) electrons. The number of carbonyl (C=O) groups is 1. The fraction of sp³-hybridized carbons (Fsp3) is 0.364. The van der Waals surface area contributed by atoms with Crippen molar-refractivity contribution < 1.29 is 18.0 Å². The van der Waals surface area contributed by atoms with Crippen LogP contribution in [-0.2, 0) is 0 Å². The maximum Gasteiger partial charge on any atom is 0.394 e. The first-order valence-corrected chi connectivity index (χ1v) is 10.1. The zero-order chi connectivity index (χ0) is 23.0. The predicted octanol–water partition coefficient (Wildman–Crippen LogP) is 6.27. The Bertz CT molecular complexity index is 1090. The largest absolute Gasteiger partial charge is 0.394 e. The van der Waals surface area contributed by atoms with Gasteiger partial charge >= 0.3 is 6.18 Å². The number of tetrazole rings is 1. The van der Waals surface area contributed by atoms with Crippen LogP contribution in [0.15, 0.2) is 42.5 Å². The molecule has 164 valence electrons. The Kier molecular flexibility index (Phi) is 6.23. The number of carbonyl (C=O) groups excluding carboxylic acids is 1. The van der Waals surface area contributed by atoms with E-state index >= 15 is 0 Å². The molecule has 0 atom stereocenters. The van der Waals surface area contributed by atoms with Crippen LogP contribution in [0.1, 0.15) is 56.2 Å². The summed E-state index contributed by atoms with van der Waals surface area (Å²) in [4.78, 5) is 12.9. The predicted molar refractivity (Wildman–Crippen MR) is 112 cm³/mol. The number of rotatable bonds is 6. The molecule has 0 saturated carbocycles. The monoisotopic (exact) mass is 450 g/mol. The molecule has 1 aromatic heterocycles. The molecule has 0 N–H and O–H groups in total. The summed E-state index contributed by atoms with van der Waals surface area (Å²) in [5.74, 6) is -0.0432. The van der Waals surface area contributed by atoms with Crippen LogP contribution in [0, 0.1) is 5.41 Å². The van der Waals surface area contributed by atoms with E-state index < -0.39 is 23.8 Å². The molecular formula is C22H22ClF3N4O. The fourth-order valence-corrected chi connectivity index (χ4v) is 3.17. The number of halogens is 4. The molecule has 0 aliphatic heterocycles. The first-order valence-electron chi connectivity index (χ1n) is 9.68. The van der Waals surface area contributed by atoms with Gasteiger partial charge in [0.15, 0.2) is 11.6 Å². The Morgan fingerprint density at radius 3 is 2.29 bits per heavy atom. The molecule has 3 aromatic rings. The summed E-state index contributed by atoms with van der Waals surface area (Å²) >= 11 is 5.97. The SMILES string of the molecule is CC(C)c1nnnn1-c1cc(C(=O)CC(C)(C)C(F)(F)F)cc(-c2ccc(Cl)cc2)c1. The van der Waals surface area contributed by atoms with E-state index in [0.717, 1.165) is 19.4 Å². The number of alkyl halides is 3. The molecule has 5 nitrogen and oxygen atoms in total. The van der Waals surface area contributed by atoms with Crippen LogP contribution >= 0.6 is 11.6 Å². The van der Waals surface area contributed by atoms with E-state index in [-0.39, 0.29) is 11.5 Å². The maximum absolute atomic E-state index is 13.3. The normalized spacial score (nSPS) is 12.4. The summed E-state index contributed by atoms with van der Waals surface area (Å²) in [7, 11) is 0. The smallest absolute Gasteiger partial charge is 0.294 e. The zero-order valence-electron chi connectivity index (χ0n) is 17.5. The molecule has 0 bridgehead atoms. The third-order valence-corrected chi connectivity index (χ3v) is 5.29. The van der Waals surface area contributed by atoms with Crippen molar-refractivity contribution in [2.45, 2.75) is 46.2 Å². The molecule has 31 heavy (non-hydrogen) atoms. The highest BCUT2D eigenvalue weighted by molar-refractivity contribution is 6.30. The lowest BCUT2D eigenvalue weighted by molar-refractivity contribution is -0.209. The van der Waals surface area contributed by atoms with Crippen molar-refractivity contribution in [1.82, 2.24) is 20.2 Å². The molecular weight excluding hydrogens is 429 g/mol.